The number of nitrogens with zero attached hydrogens (tertiary/aromatic N) is 2. The van der Waals surface area contributed by atoms with Crippen LogP contribution in [0.2, 0.25) is 5.02 Å². The normalized spacial score (nSPS) is 12.1. The van der Waals surface area contributed by atoms with Crippen LogP contribution in [-0.4, -0.2) is 34.4 Å². The molecular formula is C20H19BrClN3O3S. The molecule has 0 fully saturated rings. The van der Waals surface area contributed by atoms with Gasteiger partial charge in [0.15, 0.2) is 5.16 Å². The molecule has 0 saturated heterocycles. The van der Waals surface area contributed by atoms with E-state index in [9.17, 15) is 9.59 Å². The van der Waals surface area contributed by atoms with E-state index in [0.717, 1.165) is 4.47 Å². The monoisotopic (exact) mass is 495 g/mol. The van der Waals surface area contributed by atoms with Gasteiger partial charge in [0.2, 0.25) is 5.91 Å². The maximum Gasteiger partial charge on any atom is 0.262 e. The number of methoxy groups -OCH3 is 1. The SMILES string of the molecule is COCCn1c(SC(C)C(=O)Nc2ccc(Cl)cc2)nc2ccc(Br)cc2c1=O. The summed E-state index contributed by atoms with van der Waals surface area (Å²) in [6, 6.07) is 12.2. The van der Waals surface area contributed by atoms with Crippen molar-refractivity contribution in [3.8, 4) is 0 Å². The van der Waals surface area contributed by atoms with E-state index < -0.39 is 5.25 Å². The standard InChI is InChI=1S/C20H19BrClN3O3S/c1-12(18(26)23-15-6-4-14(22)5-7-15)29-20-24-17-8-3-13(21)11-16(17)19(27)25(20)9-10-28-2/h3-8,11-12H,9-10H2,1-2H3,(H,23,26). The van der Waals surface area contributed by atoms with Crippen LogP contribution in [0.1, 0.15) is 6.92 Å². The minimum Gasteiger partial charge on any atom is -0.383 e. The van der Waals surface area contributed by atoms with Gasteiger partial charge in [-0.15, -0.1) is 0 Å². The summed E-state index contributed by atoms with van der Waals surface area (Å²) >= 11 is 10.5. The molecule has 1 atom stereocenters. The fourth-order valence-electron chi connectivity index (χ4n) is 2.63. The van der Waals surface area contributed by atoms with Crippen LogP contribution < -0.4 is 10.9 Å². The van der Waals surface area contributed by atoms with Crippen molar-refractivity contribution in [2.45, 2.75) is 23.9 Å². The van der Waals surface area contributed by atoms with E-state index in [2.05, 4.69) is 26.2 Å². The number of nitrogens with one attached hydrogen (secondary N) is 1. The van der Waals surface area contributed by atoms with E-state index in [4.69, 9.17) is 16.3 Å². The lowest BCUT2D eigenvalue weighted by Gasteiger charge is -2.16. The number of rotatable bonds is 7. The highest BCUT2D eigenvalue weighted by molar-refractivity contribution is 9.10. The summed E-state index contributed by atoms with van der Waals surface area (Å²) in [6.07, 6.45) is 0. The number of carbonyl (C=O) groups is 1. The second-order valence-corrected chi connectivity index (χ2v) is 8.92. The van der Waals surface area contributed by atoms with Gasteiger partial charge < -0.3 is 10.1 Å². The second kappa shape index (κ2) is 9.75. The Bertz CT molecular complexity index is 1090. The van der Waals surface area contributed by atoms with Crippen LogP contribution in [0.4, 0.5) is 5.69 Å². The summed E-state index contributed by atoms with van der Waals surface area (Å²) in [6.45, 7) is 2.48. The molecule has 2 aromatic carbocycles. The van der Waals surface area contributed by atoms with E-state index in [-0.39, 0.29) is 11.5 Å². The number of fused-ring (bicyclic) bond motifs is 1. The molecule has 9 heteroatoms. The molecule has 3 aromatic rings. The topological polar surface area (TPSA) is 73.2 Å². The Morgan fingerprint density at radius 3 is 2.72 bits per heavy atom. The Balaban J connectivity index is 1.88. The van der Waals surface area contributed by atoms with Gasteiger partial charge in [-0.1, -0.05) is 39.3 Å². The van der Waals surface area contributed by atoms with Crippen molar-refractivity contribution in [3.05, 3.63) is 62.3 Å². The van der Waals surface area contributed by atoms with Crippen LogP contribution in [0.15, 0.2) is 56.9 Å². The van der Waals surface area contributed by atoms with Gasteiger partial charge in [0.1, 0.15) is 0 Å². The van der Waals surface area contributed by atoms with Crippen molar-refractivity contribution in [1.29, 1.82) is 0 Å². The number of carbonyl (C=O) groups excluding carboxylic acids is 1. The van der Waals surface area contributed by atoms with Gasteiger partial charge in [-0.2, -0.15) is 0 Å². The molecule has 0 aliphatic rings. The Hall–Kier alpha value is -1.87. The van der Waals surface area contributed by atoms with Crippen LogP contribution in [-0.2, 0) is 16.1 Å². The highest BCUT2D eigenvalue weighted by atomic mass is 79.9. The van der Waals surface area contributed by atoms with Crippen LogP contribution in [0.5, 0.6) is 0 Å². The predicted molar refractivity (Wildman–Crippen MR) is 121 cm³/mol. The number of halogens is 2. The van der Waals surface area contributed by atoms with Crippen molar-refractivity contribution < 1.29 is 9.53 Å². The molecule has 1 heterocycles. The van der Waals surface area contributed by atoms with Crippen LogP contribution in [0, 0.1) is 0 Å². The predicted octanol–water partition coefficient (Wildman–Crippen LogP) is 4.58. The van der Waals surface area contributed by atoms with Gasteiger partial charge in [-0.25, -0.2) is 4.98 Å². The minimum absolute atomic E-state index is 0.166. The smallest absolute Gasteiger partial charge is 0.262 e. The Kier molecular flexibility index (Phi) is 7.34. The van der Waals surface area contributed by atoms with Gasteiger partial charge in [0.25, 0.3) is 5.56 Å². The molecule has 29 heavy (non-hydrogen) atoms. The average Bonchev–Trinajstić information content (AvgIpc) is 2.70. The first-order valence-corrected chi connectivity index (χ1v) is 10.9. The Labute approximate surface area is 185 Å². The van der Waals surface area contributed by atoms with Crippen LogP contribution in [0.25, 0.3) is 10.9 Å². The molecule has 0 aliphatic carbocycles. The van der Waals surface area contributed by atoms with Crippen molar-refractivity contribution >= 4 is 61.8 Å². The summed E-state index contributed by atoms with van der Waals surface area (Å²) in [5.41, 5.74) is 1.07. The fraction of sp³-hybridized carbons (Fsp3) is 0.250. The maximum atomic E-state index is 13.0. The van der Waals surface area contributed by atoms with E-state index in [0.29, 0.717) is 39.9 Å². The highest BCUT2D eigenvalue weighted by Gasteiger charge is 2.20. The largest absolute Gasteiger partial charge is 0.383 e. The lowest BCUT2D eigenvalue weighted by Crippen LogP contribution is -2.28. The van der Waals surface area contributed by atoms with Crippen molar-refractivity contribution in [3.63, 3.8) is 0 Å². The number of aromatic nitrogens is 2. The molecule has 1 aromatic heterocycles. The third kappa shape index (κ3) is 5.39. The molecule has 1 N–H and O–H groups in total. The number of amides is 1. The quantitative estimate of drug-likeness (QED) is 0.383. The lowest BCUT2D eigenvalue weighted by atomic mass is 10.2. The maximum absolute atomic E-state index is 13.0. The molecule has 0 bridgehead atoms. The van der Waals surface area contributed by atoms with Crippen LogP contribution >= 0.6 is 39.3 Å². The summed E-state index contributed by atoms with van der Waals surface area (Å²) in [5, 5.41) is 3.96. The van der Waals surface area contributed by atoms with Gasteiger partial charge >= 0.3 is 0 Å². The summed E-state index contributed by atoms with van der Waals surface area (Å²) in [5.74, 6) is -0.194. The van der Waals surface area contributed by atoms with E-state index in [1.807, 2.05) is 6.07 Å². The van der Waals surface area contributed by atoms with Crippen LogP contribution in [0.3, 0.4) is 0 Å². The zero-order valence-electron chi connectivity index (χ0n) is 15.8. The zero-order chi connectivity index (χ0) is 21.0. The van der Waals surface area contributed by atoms with E-state index in [1.54, 1.807) is 55.0 Å². The number of thioether (sulfide) groups is 1. The number of benzene rings is 2. The first kappa shape index (κ1) is 21.8. The molecule has 1 unspecified atom stereocenters. The second-order valence-electron chi connectivity index (χ2n) is 6.26. The number of hydrogen-bond donors (Lipinski definition) is 1. The molecule has 0 spiro atoms. The molecule has 1 amide bonds. The van der Waals surface area contributed by atoms with Gasteiger partial charge in [0.05, 0.1) is 29.3 Å². The molecule has 0 saturated carbocycles. The summed E-state index contributed by atoms with van der Waals surface area (Å²) < 4.78 is 7.49. The Morgan fingerprint density at radius 2 is 2.03 bits per heavy atom. The first-order chi connectivity index (χ1) is 13.9. The molecule has 3 rings (SSSR count). The van der Waals surface area contributed by atoms with E-state index >= 15 is 0 Å². The molecule has 152 valence electrons. The number of ether oxygens (including phenoxy) is 1. The third-order valence-electron chi connectivity index (χ3n) is 4.16. The molecule has 6 nitrogen and oxygen atoms in total. The lowest BCUT2D eigenvalue weighted by molar-refractivity contribution is -0.115. The first-order valence-electron chi connectivity index (χ1n) is 8.81. The van der Waals surface area contributed by atoms with Crippen molar-refractivity contribution in [2.24, 2.45) is 0 Å². The fourth-order valence-corrected chi connectivity index (χ4v) is 4.05. The third-order valence-corrected chi connectivity index (χ3v) is 6.00. The molecular weight excluding hydrogens is 478 g/mol. The van der Waals surface area contributed by atoms with Gasteiger partial charge in [-0.3, -0.25) is 14.2 Å². The van der Waals surface area contributed by atoms with Gasteiger partial charge in [0, 0.05) is 22.3 Å². The number of hydrogen-bond acceptors (Lipinski definition) is 5. The summed E-state index contributed by atoms with van der Waals surface area (Å²) in [4.78, 5) is 30.2. The average molecular weight is 497 g/mol. The Morgan fingerprint density at radius 1 is 1.31 bits per heavy atom. The van der Waals surface area contributed by atoms with Crippen molar-refractivity contribution in [1.82, 2.24) is 9.55 Å². The molecule has 0 radical (unpaired) electrons. The van der Waals surface area contributed by atoms with Gasteiger partial charge in [-0.05, 0) is 49.4 Å². The highest BCUT2D eigenvalue weighted by Crippen LogP contribution is 2.25. The zero-order valence-corrected chi connectivity index (χ0v) is 19.0. The number of anilines is 1. The van der Waals surface area contributed by atoms with Crippen molar-refractivity contribution in [2.75, 3.05) is 19.0 Å². The van der Waals surface area contributed by atoms with E-state index in [1.165, 1.54) is 11.8 Å². The minimum atomic E-state index is -0.473. The molecule has 0 aliphatic heterocycles. The summed E-state index contributed by atoms with van der Waals surface area (Å²) in [7, 11) is 1.57.